The molecule has 1 aromatic rings. The van der Waals surface area contributed by atoms with Crippen LogP contribution in [0.3, 0.4) is 0 Å². The van der Waals surface area contributed by atoms with Gasteiger partial charge < -0.3 is 5.32 Å². The van der Waals surface area contributed by atoms with Crippen molar-refractivity contribution >= 4 is 5.82 Å². The molecule has 0 spiro atoms. The van der Waals surface area contributed by atoms with Crippen molar-refractivity contribution in [2.24, 2.45) is 0 Å². The Morgan fingerprint density at radius 2 is 2.31 bits per heavy atom. The van der Waals surface area contributed by atoms with Crippen LogP contribution in [0, 0.1) is 11.8 Å². The van der Waals surface area contributed by atoms with E-state index >= 15 is 0 Å². The Morgan fingerprint density at radius 1 is 1.54 bits per heavy atom. The first-order chi connectivity index (χ1) is 6.24. The minimum Gasteiger partial charge on any atom is -0.353 e. The van der Waals surface area contributed by atoms with Crippen LogP contribution in [-0.4, -0.2) is 21.7 Å². The van der Waals surface area contributed by atoms with Crippen molar-refractivity contribution in [2.45, 2.75) is 6.92 Å². The number of aromatic nitrogens is 3. The van der Waals surface area contributed by atoms with Gasteiger partial charge in [-0.2, -0.15) is 0 Å². The minimum atomic E-state index is -0.628. The van der Waals surface area contributed by atoms with Gasteiger partial charge in [-0.1, -0.05) is 5.92 Å². The minimum absolute atomic E-state index is 0.0577. The van der Waals surface area contributed by atoms with Crippen LogP contribution >= 0.6 is 0 Å². The normalized spacial score (nSPS) is 8.69. The van der Waals surface area contributed by atoms with E-state index in [2.05, 4.69) is 27.4 Å². The molecule has 6 heteroatoms. The lowest BCUT2D eigenvalue weighted by Crippen LogP contribution is -2.26. The molecule has 0 aliphatic rings. The average molecular weight is 180 g/mol. The molecule has 0 amide bonds. The third-order valence-electron chi connectivity index (χ3n) is 1.23. The number of rotatable bonds is 2. The van der Waals surface area contributed by atoms with Gasteiger partial charge in [0.1, 0.15) is 0 Å². The van der Waals surface area contributed by atoms with Crippen LogP contribution in [-0.2, 0) is 0 Å². The van der Waals surface area contributed by atoms with Crippen LogP contribution in [0.1, 0.15) is 6.92 Å². The summed E-state index contributed by atoms with van der Waals surface area (Å²) in [6.45, 7) is 2.00. The van der Waals surface area contributed by atoms with Crippen LogP contribution < -0.4 is 16.6 Å². The van der Waals surface area contributed by atoms with Gasteiger partial charge in [0.2, 0.25) is 5.82 Å². The maximum Gasteiger partial charge on any atom is 0.342 e. The fourth-order valence-electron chi connectivity index (χ4n) is 0.684. The summed E-state index contributed by atoms with van der Waals surface area (Å²) in [7, 11) is 0. The predicted octanol–water partition coefficient (Wildman–Crippen LogP) is -1.11. The van der Waals surface area contributed by atoms with E-state index in [0.29, 0.717) is 6.54 Å². The molecule has 1 aromatic heterocycles. The highest BCUT2D eigenvalue weighted by molar-refractivity contribution is 5.30. The third kappa shape index (κ3) is 2.48. The van der Waals surface area contributed by atoms with E-state index < -0.39 is 11.2 Å². The number of H-pyrrole nitrogens is 2. The van der Waals surface area contributed by atoms with Gasteiger partial charge in [0.25, 0.3) is 5.56 Å². The van der Waals surface area contributed by atoms with Gasteiger partial charge >= 0.3 is 5.69 Å². The monoisotopic (exact) mass is 180 g/mol. The first kappa shape index (κ1) is 9.06. The standard InChI is InChI=1S/C7H8N4O2/c1-2-3-4-8-5-6(12)9-7(13)11-10-5/h4H2,1H3,(H,8,10)(H2,9,11,12,13). The molecule has 1 heterocycles. The molecule has 0 unspecified atom stereocenters. The van der Waals surface area contributed by atoms with E-state index in [9.17, 15) is 9.59 Å². The van der Waals surface area contributed by atoms with E-state index in [-0.39, 0.29) is 5.82 Å². The summed E-state index contributed by atoms with van der Waals surface area (Å²) < 4.78 is 0. The van der Waals surface area contributed by atoms with Crippen LogP contribution in [0.2, 0.25) is 0 Å². The molecular formula is C7H8N4O2. The van der Waals surface area contributed by atoms with Gasteiger partial charge in [-0.3, -0.25) is 9.78 Å². The van der Waals surface area contributed by atoms with Crippen LogP contribution in [0.15, 0.2) is 9.59 Å². The number of hydrogen-bond acceptors (Lipinski definition) is 4. The zero-order chi connectivity index (χ0) is 9.68. The maximum absolute atomic E-state index is 11.0. The quantitative estimate of drug-likeness (QED) is 0.503. The second-order valence-corrected chi connectivity index (χ2v) is 2.14. The summed E-state index contributed by atoms with van der Waals surface area (Å²) in [5.74, 6) is 5.39. The Bertz CT molecular complexity index is 448. The van der Waals surface area contributed by atoms with Crippen molar-refractivity contribution in [3.05, 3.63) is 20.8 Å². The summed E-state index contributed by atoms with van der Waals surface area (Å²) in [4.78, 5) is 23.6. The van der Waals surface area contributed by atoms with E-state index in [1.165, 1.54) is 0 Å². The third-order valence-corrected chi connectivity index (χ3v) is 1.23. The number of hydrogen-bond donors (Lipinski definition) is 3. The Hall–Kier alpha value is -2.03. The van der Waals surface area contributed by atoms with Crippen molar-refractivity contribution in [3.8, 4) is 11.8 Å². The number of nitrogens with one attached hydrogen (secondary N) is 3. The molecule has 0 fully saturated rings. The second kappa shape index (κ2) is 4.11. The highest BCUT2D eigenvalue weighted by atomic mass is 16.2. The van der Waals surface area contributed by atoms with E-state index in [1.54, 1.807) is 6.92 Å². The lowest BCUT2D eigenvalue weighted by Gasteiger charge is -1.96. The van der Waals surface area contributed by atoms with Crippen molar-refractivity contribution < 1.29 is 0 Å². The number of anilines is 1. The van der Waals surface area contributed by atoms with Crippen LogP contribution in [0.4, 0.5) is 5.82 Å². The molecular weight excluding hydrogens is 172 g/mol. The van der Waals surface area contributed by atoms with Crippen molar-refractivity contribution in [1.29, 1.82) is 0 Å². The highest BCUT2D eigenvalue weighted by Crippen LogP contribution is 1.82. The Kier molecular flexibility index (Phi) is 2.87. The topological polar surface area (TPSA) is 90.6 Å². The summed E-state index contributed by atoms with van der Waals surface area (Å²) >= 11 is 0. The van der Waals surface area contributed by atoms with Crippen molar-refractivity contribution in [2.75, 3.05) is 11.9 Å². The lowest BCUT2D eigenvalue weighted by molar-refractivity contribution is 0.891. The molecule has 68 valence electrons. The van der Waals surface area contributed by atoms with Gasteiger partial charge in [-0.15, -0.1) is 11.0 Å². The maximum atomic E-state index is 11.0. The Balaban J connectivity index is 2.82. The molecule has 0 aromatic carbocycles. The smallest absolute Gasteiger partial charge is 0.342 e. The molecule has 0 radical (unpaired) electrons. The molecule has 3 N–H and O–H groups in total. The molecule has 13 heavy (non-hydrogen) atoms. The summed E-state index contributed by atoms with van der Waals surface area (Å²) in [6.07, 6.45) is 0. The number of nitrogens with zero attached hydrogens (tertiary/aromatic N) is 1. The molecule has 6 nitrogen and oxygen atoms in total. The van der Waals surface area contributed by atoms with Crippen LogP contribution in [0.25, 0.3) is 0 Å². The lowest BCUT2D eigenvalue weighted by atomic mass is 10.5. The molecule has 0 saturated heterocycles. The largest absolute Gasteiger partial charge is 0.353 e. The molecule has 0 aliphatic heterocycles. The van der Waals surface area contributed by atoms with Gasteiger partial charge in [0, 0.05) is 0 Å². The fourth-order valence-corrected chi connectivity index (χ4v) is 0.684. The Morgan fingerprint density at radius 3 is 2.92 bits per heavy atom. The second-order valence-electron chi connectivity index (χ2n) is 2.14. The van der Waals surface area contributed by atoms with Crippen molar-refractivity contribution in [1.82, 2.24) is 15.2 Å². The summed E-state index contributed by atoms with van der Waals surface area (Å²) in [5, 5.41) is 8.23. The first-order valence-corrected chi connectivity index (χ1v) is 3.56. The Labute approximate surface area is 73.4 Å². The predicted molar refractivity (Wildman–Crippen MR) is 47.4 cm³/mol. The molecule has 1 rings (SSSR count). The van der Waals surface area contributed by atoms with Gasteiger partial charge in [-0.25, -0.2) is 9.89 Å². The SMILES string of the molecule is CC#CCNc1n[nH]c(=O)[nH]c1=O. The van der Waals surface area contributed by atoms with Gasteiger partial charge in [0.05, 0.1) is 6.54 Å². The zero-order valence-corrected chi connectivity index (χ0v) is 6.97. The highest BCUT2D eigenvalue weighted by Gasteiger charge is 1.98. The zero-order valence-electron chi connectivity index (χ0n) is 6.97. The molecule has 0 atom stereocenters. The van der Waals surface area contributed by atoms with Gasteiger partial charge in [0.15, 0.2) is 0 Å². The van der Waals surface area contributed by atoms with E-state index in [0.717, 1.165) is 0 Å². The van der Waals surface area contributed by atoms with Crippen LogP contribution in [0.5, 0.6) is 0 Å². The van der Waals surface area contributed by atoms with Gasteiger partial charge in [-0.05, 0) is 6.92 Å². The molecule has 0 bridgehead atoms. The fraction of sp³-hybridized carbons (Fsp3) is 0.286. The average Bonchev–Trinajstić information content (AvgIpc) is 2.09. The molecule has 0 saturated carbocycles. The first-order valence-electron chi connectivity index (χ1n) is 3.56. The molecule has 0 aliphatic carbocycles. The van der Waals surface area contributed by atoms with E-state index in [4.69, 9.17) is 0 Å². The summed E-state index contributed by atoms with van der Waals surface area (Å²) in [5.41, 5.74) is -1.18. The van der Waals surface area contributed by atoms with E-state index in [1.807, 2.05) is 4.98 Å². The summed E-state index contributed by atoms with van der Waals surface area (Å²) in [6, 6.07) is 0. The number of aromatic amines is 2. The van der Waals surface area contributed by atoms with Crippen molar-refractivity contribution in [3.63, 3.8) is 0 Å².